The van der Waals surface area contributed by atoms with Crippen LogP contribution in [0.3, 0.4) is 0 Å². The Morgan fingerprint density at radius 3 is 2.24 bits per heavy atom. The second-order valence-corrected chi connectivity index (χ2v) is 6.92. The lowest BCUT2D eigenvalue weighted by Gasteiger charge is -2.10. The van der Waals surface area contributed by atoms with Gasteiger partial charge in [0.2, 0.25) is 5.91 Å². The molecule has 0 unspecified atom stereocenters. The van der Waals surface area contributed by atoms with Gasteiger partial charge in [-0.2, -0.15) is 5.10 Å². The zero-order valence-corrected chi connectivity index (χ0v) is 15.3. The molecule has 2 rings (SSSR count). The minimum absolute atomic E-state index is 0.115. The smallest absolute Gasteiger partial charge is 0.253 e. The van der Waals surface area contributed by atoms with E-state index in [0.717, 1.165) is 16.1 Å². The van der Waals surface area contributed by atoms with Crippen molar-refractivity contribution in [3.05, 3.63) is 60.2 Å². The van der Waals surface area contributed by atoms with E-state index in [1.54, 1.807) is 12.1 Å². The Morgan fingerprint density at radius 2 is 1.64 bits per heavy atom. The fourth-order valence-corrected chi connectivity index (χ4v) is 2.93. The molecule has 0 bridgehead atoms. The Morgan fingerprint density at radius 1 is 1.00 bits per heavy atom. The number of benzene rings is 2. The molecule has 2 N–H and O–H groups in total. The average molecular weight is 355 g/mol. The van der Waals surface area contributed by atoms with Gasteiger partial charge in [-0.25, -0.2) is 5.43 Å². The maximum Gasteiger partial charge on any atom is 0.253 e. The number of carbonyl (C=O) groups excluding carboxylic acids is 2. The summed E-state index contributed by atoms with van der Waals surface area (Å²) >= 11 is 1.49. The van der Waals surface area contributed by atoms with Crippen LogP contribution in [-0.2, 0) is 9.59 Å². The highest BCUT2D eigenvalue weighted by Gasteiger charge is 2.13. The number of carbonyl (C=O) groups is 2. The monoisotopic (exact) mass is 355 g/mol. The van der Waals surface area contributed by atoms with Gasteiger partial charge in [-0.3, -0.25) is 9.59 Å². The van der Waals surface area contributed by atoms with Crippen molar-refractivity contribution in [2.24, 2.45) is 5.10 Å². The minimum Gasteiger partial charge on any atom is -0.326 e. The number of hydrazone groups is 1. The first-order valence-corrected chi connectivity index (χ1v) is 8.77. The van der Waals surface area contributed by atoms with E-state index < -0.39 is 0 Å². The van der Waals surface area contributed by atoms with E-state index >= 15 is 0 Å². The summed E-state index contributed by atoms with van der Waals surface area (Å²) < 4.78 is 0. The summed E-state index contributed by atoms with van der Waals surface area (Å²) in [5, 5.41) is 6.62. The summed E-state index contributed by atoms with van der Waals surface area (Å²) in [7, 11) is 0. The molecule has 0 saturated carbocycles. The van der Waals surface area contributed by atoms with Crippen molar-refractivity contribution in [2.75, 3.05) is 5.32 Å². The molecule has 6 heteroatoms. The largest absolute Gasteiger partial charge is 0.326 e. The first kappa shape index (κ1) is 18.7. The first-order chi connectivity index (χ1) is 12.0. The van der Waals surface area contributed by atoms with Crippen LogP contribution in [0.5, 0.6) is 0 Å². The molecule has 5 nitrogen and oxygen atoms in total. The number of hydrogen-bond acceptors (Lipinski definition) is 4. The molecular weight excluding hydrogens is 334 g/mol. The van der Waals surface area contributed by atoms with E-state index in [2.05, 4.69) is 15.8 Å². The van der Waals surface area contributed by atoms with Crippen molar-refractivity contribution in [3.63, 3.8) is 0 Å². The molecule has 1 atom stereocenters. The molecule has 2 aromatic rings. The summed E-state index contributed by atoms with van der Waals surface area (Å²) in [5.74, 6) is -0.265. The van der Waals surface area contributed by atoms with Crippen LogP contribution >= 0.6 is 11.8 Å². The molecule has 2 amide bonds. The number of anilines is 1. The van der Waals surface area contributed by atoms with E-state index in [1.807, 2.05) is 56.3 Å². The number of nitrogens with one attached hydrogen (secondary N) is 2. The van der Waals surface area contributed by atoms with Gasteiger partial charge in [-0.1, -0.05) is 30.3 Å². The van der Waals surface area contributed by atoms with Crippen molar-refractivity contribution in [2.45, 2.75) is 30.9 Å². The Balaban J connectivity index is 1.93. The summed E-state index contributed by atoms with van der Waals surface area (Å²) in [6.07, 6.45) is 0. The van der Waals surface area contributed by atoms with Gasteiger partial charge < -0.3 is 5.32 Å². The SMILES string of the molecule is CC(=O)Nc1ccc(/C(C)=N\NC(=O)[C@@H](C)Sc2ccccc2)cc1. The van der Waals surface area contributed by atoms with Crippen LogP contribution in [0.1, 0.15) is 26.3 Å². The Bertz CT molecular complexity index is 758. The highest BCUT2D eigenvalue weighted by atomic mass is 32.2. The van der Waals surface area contributed by atoms with E-state index in [1.165, 1.54) is 18.7 Å². The van der Waals surface area contributed by atoms with Crippen molar-refractivity contribution in [1.29, 1.82) is 0 Å². The van der Waals surface area contributed by atoms with Crippen LogP contribution in [0, 0.1) is 0 Å². The normalized spacial score (nSPS) is 12.4. The van der Waals surface area contributed by atoms with E-state index in [9.17, 15) is 9.59 Å². The lowest BCUT2D eigenvalue weighted by molar-refractivity contribution is -0.120. The van der Waals surface area contributed by atoms with Gasteiger partial charge in [0.1, 0.15) is 0 Å². The van der Waals surface area contributed by atoms with Crippen molar-refractivity contribution in [1.82, 2.24) is 5.43 Å². The standard InChI is InChI=1S/C19H21N3O2S/c1-13(16-9-11-17(12-10-16)20-15(3)23)21-22-19(24)14(2)25-18-7-5-4-6-8-18/h4-12,14H,1-3H3,(H,20,23)(H,22,24)/b21-13-/t14-/m1/s1. The molecule has 0 radical (unpaired) electrons. The third kappa shape index (κ3) is 6.08. The molecule has 0 aliphatic rings. The molecule has 0 saturated heterocycles. The molecule has 0 spiro atoms. The maximum absolute atomic E-state index is 12.2. The molecule has 0 heterocycles. The molecule has 2 aromatic carbocycles. The van der Waals surface area contributed by atoms with Crippen LogP contribution in [0.15, 0.2) is 64.6 Å². The highest BCUT2D eigenvalue weighted by Crippen LogP contribution is 2.22. The molecule has 25 heavy (non-hydrogen) atoms. The summed E-state index contributed by atoms with van der Waals surface area (Å²) in [6, 6.07) is 17.1. The second-order valence-electron chi connectivity index (χ2n) is 5.50. The van der Waals surface area contributed by atoms with Crippen LogP contribution in [0.4, 0.5) is 5.69 Å². The molecule has 0 fully saturated rings. The zero-order chi connectivity index (χ0) is 18.2. The average Bonchev–Trinajstić information content (AvgIpc) is 2.60. The lowest BCUT2D eigenvalue weighted by atomic mass is 10.1. The minimum atomic E-state index is -0.249. The van der Waals surface area contributed by atoms with Gasteiger partial charge in [0.05, 0.1) is 11.0 Å². The van der Waals surface area contributed by atoms with Gasteiger partial charge >= 0.3 is 0 Å². The van der Waals surface area contributed by atoms with Gasteiger partial charge in [0.25, 0.3) is 5.91 Å². The Hall–Kier alpha value is -2.60. The first-order valence-electron chi connectivity index (χ1n) is 7.89. The summed E-state index contributed by atoms with van der Waals surface area (Å²) in [5.41, 5.74) is 4.90. The van der Waals surface area contributed by atoms with Crippen LogP contribution in [-0.4, -0.2) is 22.8 Å². The quantitative estimate of drug-likeness (QED) is 0.472. The maximum atomic E-state index is 12.2. The van der Waals surface area contributed by atoms with Crippen LogP contribution in [0.25, 0.3) is 0 Å². The molecule has 0 aliphatic carbocycles. The third-order valence-corrected chi connectivity index (χ3v) is 4.49. The predicted molar refractivity (Wildman–Crippen MR) is 103 cm³/mol. The molecule has 0 aromatic heterocycles. The Kier molecular flexibility index (Phi) is 6.77. The van der Waals surface area contributed by atoms with Crippen LogP contribution < -0.4 is 10.7 Å². The highest BCUT2D eigenvalue weighted by molar-refractivity contribution is 8.00. The second kappa shape index (κ2) is 9.03. The van der Waals surface area contributed by atoms with Crippen molar-refractivity contribution < 1.29 is 9.59 Å². The van der Waals surface area contributed by atoms with E-state index in [4.69, 9.17) is 0 Å². The van der Waals surface area contributed by atoms with Crippen LogP contribution in [0.2, 0.25) is 0 Å². The number of nitrogens with zero attached hydrogens (tertiary/aromatic N) is 1. The van der Waals surface area contributed by atoms with Crippen molar-refractivity contribution >= 4 is 35.0 Å². The van der Waals surface area contributed by atoms with Gasteiger partial charge in [0.15, 0.2) is 0 Å². The van der Waals surface area contributed by atoms with E-state index in [0.29, 0.717) is 5.71 Å². The van der Waals surface area contributed by atoms with Gasteiger partial charge in [-0.05, 0) is 43.7 Å². The fourth-order valence-electron chi connectivity index (χ4n) is 2.05. The fraction of sp³-hybridized carbons (Fsp3) is 0.211. The molecule has 0 aliphatic heterocycles. The third-order valence-electron chi connectivity index (χ3n) is 3.38. The summed E-state index contributed by atoms with van der Waals surface area (Å²) in [6.45, 7) is 5.13. The number of thioether (sulfide) groups is 1. The topological polar surface area (TPSA) is 70.6 Å². The number of amides is 2. The van der Waals surface area contributed by atoms with Gasteiger partial charge in [0, 0.05) is 17.5 Å². The van der Waals surface area contributed by atoms with E-state index in [-0.39, 0.29) is 17.1 Å². The molecule has 130 valence electrons. The number of rotatable bonds is 6. The van der Waals surface area contributed by atoms with Crippen molar-refractivity contribution in [3.8, 4) is 0 Å². The lowest BCUT2D eigenvalue weighted by Crippen LogP contribution is -2.27. The Labute approximate surface area is 151 Å². The summed E-state index contributed by atoms with van der Waals surface area (Å²) in [4.78, 5) is 24.2. The van der Waals surface area contributed by atoms with Gasteiger partial charge in [-0.15, -0.1) is 11.8 Å². The zero-order valence-electron chi connectivity index (χ0n) is 14.4. The number of hydrogen-bond donors (Lipinski definition) is 2. The predicted octanol–water partition coefficient (Wildman–Crippen LogP) is 3.67. The molecular formula is C19H21N3O2S.